The Morgan fingerprint density at radius 3 is 1.56 bits per heavy atom. The first kappa shape index (κ1) is 34.4. The summed E-state index contributed by atoms with van der Waals surface area (Å²) in [5.41, 5.74) is 12.4. The molecule has 0 aliphatic rings. The zero-order valence-electron chi connectivity index (χ0n) is 32.4. The van der Waals surface area contributed by atoms with Crippen LogP contribution in [0.5, 0.6) is 0 Å². The van der Waals surface area contributed by atoms with Crippen LogP contribution in [0.2, 0.25) is 0 Å². The van der Waals surface area contributed by atoms with Crippen LogP contribution in [0.25, 0.3) is 60.2 Å². The zero-order chi connectivity index (χ0) is 39.1. The van der Waals surface area contributed by atoms with Gasteiger partial charge in [-0.2, -0.15) is 0 Å². The third-order valence-electron chi connectivity index (χ3n) is 11.5. The molecular formula is C56H39N3. The van der Waals surface area contributed by atoms with Crippen molar-refractivity contribution in [3.05, 3.63) is 237 Å². The van der Waals surface area contributed by atoms with Gasteiger partial charge in [0.15, 0.2) is 0 Å². The summed E-state index contributed by atoms with van der Waals surface area (Å²) in [7, 11) is 0. The molecule has 0 spiro atoms. The second kappa shape index (κ2) is 14.6. The SMILES string of the molecule is c1ccc(-c2c(N(c3ccc(N(c4ccccc4)c4ccc5ccccc5c4)cc3)c3ccc4c5ccccc5n(-c5ccccc5)c4c3)ccc3ccccc23)cc1. The maximum Gasteiger partial charge on any atom is 0.0561 e. The van der Waals surface area contributed by atoms with Crippen LogP contribution in [-0.4, -0.2) is 4.57 Å². The zero-order valence-corrected chi connectivity index (χ0v) is 32.4. The Labute approximate surface area is 343 Å². The summed E-state index contributed by atoms with van der Waals surface area (Å²) in [6.07, 6.45) is 0. The number of rotatable bonds is 8. The van der Waals surface area contributed by atoms with Crippen molar-refractivity contribution >= 4 is 77.5 Å². The molecule has 0 fully saturated rings. The molecule has 0 atom stereocenters. The highest BCUT2D eigenvalue weighted by Gasteiger charge is 2.22. The summed E-state index contributed by atoms with van der Waals surface area (Å²) in [5, 5.41) is 7.31. The Kier molecular flexibility index (Phi) is 8.49. The molecule has 10 aromatic carbocycles. The van der Waals surface area contributed by atoms with Crippen molar-refractivity contribution in [2.75, 3.05) is 9.80 Å². The predicted molar refractivity (Wildman–Crippen MR) is 251 cm³/mol. The van der Waals surface area contributed by atoms with Crippen molar-refractivity contribution < 1.29 is 0 Å². The second-order valence-electron chi connectivity index (χ2n) is 15.0. The maximum atomic E-state index is 2.44. The van der Waals surface area contributed by atoms with Gasteiger partial charge in [0, 0.05) is 50.5 Å². The van der Waals surface area contributed by atoms with E-state index in [9.17, 15) is 0 Å². The van der Waals surface area contributed by atoms with Gasteiger partial charge in [-0.3, -0.25) is 0 Å². The van der Waals surface area contributed by atoms with E-state index >= 15 is 0 Å². The summed E-state index contributed by atoms with van der Waals surface area (Å²) < 4.78 is 2.40. The lowest BCUT2D eigenvalue weighted by Crippen LogP contribution is -2.13. The van der Waals surface area contributed by atoms with E-state index < -0.39 is 0 Å². The number of hydrogen-bond acceptors (Lipinski definition) is 2. The van der Waals surface area contributed by atoms with Gasteiger partial charge in [-0.1, -0.05) is 152 Å². The molecule has 3 nitrogen and oxygen atoms in total. The van der Waals surface area contributed by atoms with Crippen LogP contribution in [0, 0.1) is 0 Å². The van der Waals surface area contributed by atoms with E-state index in [1.165, 1.54) is 49.0 Å². The standard InChI is InChI=1S/C56H39N3/c1-4-18-42(19-5-1)56-50-25-13-12-17-41(50)29-37-54(56)58(49-35-36-52-51-26-14-15-27-53(51)59(55(52)39-49)45-23-8-3-9-24-45)47-33-31-46(32-34-47)57(44-21-6-2-7-22-44)48-30-28-40-16-10-11-20-43(40)38-48/h1-39H. The Hall–Kier alpha value is -7.88. The van der Waals surface area contributed by atoms with Gasteiger partial charge in [-0.25, -0.2) is 0 Å². The lowest BCUT2D eigenvalue weighted by Gasteiger charge is -2.30. The fourth-order valence-corrected chi connectivity index (χ4v) is 8.83. The number of benzene rings is 10. The average Bonchev–Trinajstić information content (AvgIpc) is 3.64. The minimum absolute atomic E-state index is 1.06. The van der Waals surface area contributed by atoms with Crippen molar-refractivity contribution in [3.63, 3.8) is 0 Å². The van der Waals surface area contributed by atoms with Crippen LogP contribution in [-0.2, 0) is 0 Å². The van der Waals surface area contributed by atoms with E-state index in [1.54, 1.807) is 0 Å². The van der Waals surface area contributed by atoms with Crippen LogP contribution >= 0.6 is 0 Å². The van der Waals surface area contributed by atoms with Crippen LogP contribution in [0.4, 0.5) is 34.1 Å². The Bertz CT molecular complexity index is 3260. The van der Waals surface area contributed by atoms with Gasteiger partial charge in [-0.05, 0) is 112 Å². The van der Waals surface area contributed by atoms with Crippen LogP contribution < -0.4 is 9.80 Å². The second-order valence-corrected chi connectivity index (χ2v) is 15.0. The number of anilines is 6. The summed E-state index contributed by atoms with van der Waals surface area (Å²) in [5.74, 6) is 0. The fraction of sp³-hybridized carbons (Fsp3) is 0. The molecule has 1 heterocycles. The van der Waals surface area contributed by atoms with E-state index in [1.807, 2.05) is 0 Å². The van der Waals surface area contributed by atoms with Gasteiger partial charge in [0.25, 0.3) is 0 Å². The van der Waals surface area contributed by atoms with Crippen LogP contribution in [0.3, 0.4) is 0 Å². The first-order valence-corrected chi connectivity index (χ1v) is 20.2. The van der Waals surface area contributed by atoms with Gasteiger partial charge in [-0.15, -0.1) is 0 Å². The quantitative estimate of drug-likeness (QED) is 0.153. The highest BCUT2D eigenvalue weighted by atomic mass is 15.2. The molecule has 3 heteroatoms. The topological polar surface area (TPSA) is 11.4 Å². The highest BCUT2D eigenvalue weighted by molar-refractivity contribution is 6.11. The summed E-state index contributed by atoms with van der Waals surface area (Å²) in [6.45, 7) is 0. The molecule has 278 valence electrons. The molecule has 11 rings (SSSR count). The van der Waals surface area contributed by atoms with E-state index in [2.05, 4.69) is 251 Å². The fourth-order valence-electron chi connectivity index (χ4n) is 8.83. The molecule has 59 heavy (non-hydrogen) atoms. The smallest absolute Gasteiger partial charge is 0.0561 e. The molecule has 0 saturated carbocycles. The largest absolute Gasteiger partial charge is 0.310 e. The number of para-hydroxylation sites is 3. The Morgan fingerprint density at radius 1 is 0.288 bits per heavy atom. The van der Waals surface area contributed by atoms with Crippen LogP contribution in [0.15, 0.2) is 237 Å². The summed E-state index contributed by atoms with van der Waals surface area (Å²) in [6, 6.07) is 85.4. The molecule has 0 aliphatic heterocycles. The Balaban J connectivity index is 1.14. The lowest BCUT2D eigenvalue weighted by molar-refractivity contribution is 1.18. The minimum Gasteiger partial charge on any atom is -0.310 e. The maximum absolute atomic E-state index is 2.44. The first-order valence-electron chi connectivity index (χ1n) is 20.2. The lowest BCUT2D eigenvalue weighted by atomic mass is 9.95. The molecule has 0 amide bonds. The normalized spacial score (nSPS) is 11.4. The predicted octanol–water partition coefficient (Wildman–Crippen LogP) is 15.7. The van der Waals surface area contributed by atoms with Crippen molar-refractivity contribution in [3.8, 4) is 16.8 Å². The van der Waals surface area contributed by atoms with Gasteiger partial charge < -0.3 is 14.4 Å². The molecule has 0 radical (unpaired) electrons. The van der Waals surface area contributed by atoms with Gasteiger partial charge >= 0.3 is 0 Å². The van der Waals surface area contributed by atoms with Crippen molar-refractivity contribution in [1.29, 1.82) is 0 Å². The van der Waals surface area contributed by atoms with Crippen LogP contribution in [0.1, 0.15) is 0 Å². The van der Waals surface area contributed by atoms with Crippen molar-refractivity contribution in [2.45, 2.75) is 0 Å². The summed E-state index contributed by atoms with van der Waals surface area (Å²) in [4.78, 5) is 4.78. The molecule has 0 bridgehead atoms. The van der Waals surface area contributed by atoms with E-state index in [0.717, 1.165) is 45.3 Å². The molecule has 0 N–H and O–H groups in total. The monoisotopic (exact) mass is 753 g/mol. The third kappa shape index (κ3) is 6.08. The molecular weight excluding hydrogens is 715 g/mol. The average molecular weight is 754 g/mol. The van der Waals surface area contributed by atoms with Crippen molar-refractivity contribution in [2.24, 2.45) is 0 Å². The van der Waals surface area contributed by atoms with E-state index in [-0.39, 0.29) is 0 Å². The first-order chi connectivity index (χ1) is 29.3. The molecule has 0 aliphatic carbocycles. The number of aromatic nitrogens is 1. The number of fused-ring (bicyclic) bond motifs is 5. The molecule has 0 saturated heterocycles. The van der Waals surface area contributed by atoms with E-state index in [4.69, 9.17) is 0 Å². The van der Waals surface area contributed by atoms with E-state index in [0.29, 0.717) is 0 Å². The Morgan fingerprint density at radius 2 is 0.797 bits per heavy atom. The molecule has 1 aromatic heterocycles. The van der Waals surface area contributed by atoms with Gasteiger partial charge in [0.05, 0.1) is 16.7 Å². The van der Waals surface area contributed by atoms with Crippen molar-refractivity contribution in [1.82, 2.24) is 4.57 Å². The number of nitrogens with zero attached hydrogens (tertiary/aromatic N) is 3. The minimum atomic E-state index is 1.06. The van der Waals surface area contributed by atoms with Gasteiger partial charge in [0.1, 0.15) is 0 Å². The highest BCUT2D eigenvalue weighted by Crippen LogP contribution is 2.47. The summed E-state index contributed by atoms with van der Waals surface area (Å²) >= 11 is 0. The molecule has 11 aromatic rings. The van der Waals surface area contributed by atoms with Gasteiger partial charge in [0.2, 0.25) is 0 Å². The third-order valence-corrected chi connectivity index (χ3v) is 11.5. The molecule has 0 unspecified atom stereocenters. The number of hydrogen-bond donors (Lipinski definition) is 0.